The fourth-order valence-electron chi connectivity index (χ4n) is 1.78. The summed E-state index contributed by atoms with van der Waals surface area (Å²) >= 11 is 0. The quantitative estimate of drug-likeness (QED) is 0.678. The number of hydrogen-bond donors (Lipinski definition) is 1. The van der Waals surface area contributed by atoms with Crippen LogP contribution in [0.15, 0.2) is 42.5 Å². The second-order valence-corrected chi connectivity index (χ2v) is 4.19. The molecule has 2 aromatic rings. The van der Waals surface area contributed by atoms with E-state index in [4.69, 9.17) is 10.5 Å². The van der Waals surface area contributed by atoms with Crippen molar-refractivity contribution in [2.75, 3.05) is 12.8 Å². The first-order valence-electron chi connectivity index (χ1n) is 5.81. The molecule has 0 unspecified atom stereocenters. The van der Waals surface area contributed by atoms with E-state index in [1.165, 1.54) is 19.2 Å². The van der Waals surface area contributed by atoms with E-state index >= 15 is 0 Å². The molecule has 0 bridgehead atoms. The number of halogens is 1. The summed E-state index contributed by atoms with van der Waals surface area (Å²) in [5.74, 6) is -0.377. The zero-order valence-electron chi connectivity index (χ0n) is 10.5. The molecule has 0 radical (unpaired) electrons. The van der Waals surface area contributed by atoms with Gasteiger partial charge < -0.3 is 10.5 Å². The van der Waals surface area contributed by atoms with Gasteiger partial charge in [0.05, 0.1) is 7.11 Å². The smallest absolute Gasteiger partial charge is 0.167 e. The molecule has 0 amide bonds. The lowest BCUT2D eigenvalue weighted by Gasteiger charge is -2.05. The molecule has 4 heteroatoms. The Bertz CT molecular complexity index is 594. The van der Waals surface area contributed by atoms with Crippen LogP contribution in [0.3, 0.4) is 0 Å². The fraction of sp³-hybridized carbons (Fsp3) is 0.133. The number of benzene rings is 2. The molecule has 0 atom stereocenters. The molecule has 0 heterocycles. The minimum absolute atomic E-state index is 0.0791. The molecule has 0 aromatic heterocycles. The Morgan fingerprint density at radius 3 is 2.47 bits per heavy atom. The topological polar surface area (TPSA) is 52.3 Å². The summed E-state index contributed by atoms with van der Waals surface area (Å²) in [5, 5.41) is 0. The summed E-state index contributed by atoms with van der Waals surface area (Å²) in [6, 6.07) is 11.2. The molecule has 0 fully saturated rings. The third-order valence-electron chi connectivity index (χ3n) is 2.81. The maximum absolute atomic E-state index is 13.5. The van der Waals surface area contributed by atoms with E-state index in [2.05, 4.69) is 0 Å². The Labute approximate surface area is 110 Å². The van der Waals surface area contributed by atoms with E-state index in [0.717, 1.165) is 0 Å². The predicted molar refractivity (Wildman–Crippen MR) is 71.8 cm³/mol. The standard InChI is InChI=1S/C15H14FNO2/c1-19-15-7-2-10(8-13(15)16)9-14(18)11-3-5-12(17)6-4-11/h2-8H,9,17H2,1H3. The molecule has 0 saturated heterocycles. The van der Waals surface area contributed by atoms with Crippen LogP contribution in [0, 0.1) is 5.82 Å². The van der Waals surface area contributed by atoms with Gasteiger partial charge in [-0.05, 0) is 42.0 Å². The summed E-state index contributed by atoms with van der Waals surface area (Å²) < 4.78 is 18.3. The summed E-state index contributed by atoms with van der Waals surface area (Å²) in [6.07, 6.45) is 0.144. The van der Waals surface area contributed by atoms with Crippen molar-refractivity contribution in [2.45, 2.75) is 6.42 Å². The Balaban J connectivity index is 2.14. The third kappa shape index (κ3) is 3.10. The van der Waals surface area contributed by atoms with E-state index in [9.17, 15) is 9.18 Å². The molecule has 0 aliphatic rings. The van der Waals surface area contributed by atoms with Gasteiger partial charge in [0.1, 0.15) is 0 Å². The fourth-order valence-corrected chi connectivity index (χ4v) is 1.78. The van der Waals surface area contributed by atoms with Crippen LogP contribution in [0.5, 0.6) is 5.75 Å². The first kappa shape index (κ1) is 13.1. The maximum atomic E-state index is 13.5. The van der Waals surface area contributed by atoms with Gasteiger partial charge in [0, 0.05) is 17.7 Å². The second-order valence-electron chi connectivity index (χ2n) is 4.19. The number of ether oxygens (including phenoxy) is 1. The molecule has 2 N–H and O–H groups in total. The van der Waals surface area contributed by atoms with E-state index < -0.39 is 5.82 Å². The summed E-state index contributed by atoms with van der Waals surface area (Å²) in [6.45, 7) is 0. The molecule has 19 heavy (non-hydrogen) atoms. The van der Waals surface area contributed by atoms with E-state index in [0.29, 0.717) is 16.8 Å². The van der Waals surface area contributed by atoms with Crippen molar-refractivity contribution in [3.63, 3.8) is 0 Å². The average molecular weight is 259 g/mol. The van der Waals surface area contributed by atoms with Crippen LogP contribution < -0.4 is 10.5 Å². The highest BCUT2D eigenvalue weighted by Gasteiger charge is 2.09. The molecule has 0 aliphatic carbocycles. The largest absolute Gasteiger partial charge is 0.494 e. The number of nitrogens with two attached hydrogens (primary N) is 1. The van der Waals surface area contributed by atoms with Gasteiger partial charge >= 0.3 is 0 Å². The molecule has 0 saturated carbocycles. The van der Waals surface area contributed by atoms with Gasteiger partial charge in [0.25, 0.3) is 0 Å². The van der Waals surface area contributed by atoms with Gasteiger partial charge in [-0.15, -0.1) is 0 Å². The van der Waals surface area contributed by atoms with Crippen molar-refractivity contribution >= 4 is 11.5 Å². The van der Waals surface area contributed by atoms with Crippen molar-refractivity contribution in [1.82, 2.24) is 0 Å². The van der Waals surface area contributed by atoms with Gasteiger partial charge in [-0.25, -0.2) is 4.39 Å². The van der Waals surface area contributed by atoms with Gasteiger partial charge in [-0.2, -0.15) is 0 Å². The van der Waals surface area contributed by atoms with Gasteiger partial charge in [0.15, 0.2) is 17.3 Å². The highest BCUT2D eigenvalue weighted by Crippen LogP contribution is 2.19. The Kier molecular flexibility index (Phi) is 3.80. The number of Topliss-reactive ketones (excluding diaryl/α,β-unsaturated/α-hetero) is 1. The predicted octanol–water partition coefficient (Wildman–Crippen LogP) is 2.84. The van der Waals surface area contributed by atoms with Crippen molar-refractivity contribution in [1.29, 1.82) is 0 Å². The van der Waals surface area contributed by atoms with Crippen LogP contribution >= 0.6 is 0 Å². The lowest BCUT2D eigenvalue weighted by Crippen LogP contribution is -2.04. The second kappa shape index (κ2) is 5.52. The number of ketones is 1. The van der Waals surface area contributed by atoms with E-state index in [-0.39, 0.29) is 18.0 Å². The summed E-state index contributed by atoms with van der Waals surface area (Å²) in [7, 11) is 1.40. The average Bonchev–Trinajstić information content (AvgIpc) is 2.39. The van der Waals surface area contributed by atoms with Crippen LogP contribution in [0.4, 0.5) is 10.1 Å². The molecule has 0 aliphatic heterocycles. The monoisotopic (exact) mass is 259 g/mol. The zero-order valence-corrected chi connectivity index (χ0v) is 10.5. The van der Waals surface area contributed by atoms with Crippen molar-refractivity contribution in [3.05, 3.63) is 59.4 Å². The van der Waals surface area contributed by atoms with Crippen LogP contribution in [0.1, 0.15) is 15.9 Å². The Morgan fingerprint density at radius 1 is 1.21 bits per heavy atom. The normalized spacial score (nSPS) is 10.2. The van der Waals surface area contributed by atoms with Crippen molar-refractivity contribution in [3.8, 4) is 5.75 Å². The van der Waals surface area contributed by atoms with Crippen LogP contribution in [-0.2, 0) is 6.42 Å². The summed E-state index contributed by atoms with van der Waals surface area (Å²) in [4.78, 5) is 12.0. The van der Waals surface area contributed by atoms with Gasteiger partial charge in [-0.3, -0.25) is 4.79 Å². The number of anilines is 1. The highest BCUT2D eigenvalue weighted by molar-refractivity contribution is 5.97. The van der Waals surface area contributed by atoms with Crippen LogP contribution in [0.25, 0.3) is 0 Å². The first-order chi connectivity index (χ1) is 9.10. The zero-order chi connectivity index (χ0) is 13.8. The van der Waals surface area contributed by atoms with Gasteiger partial charge in [-0.1, -0.05) is 6.07 Å². The number of carbonyl (C=O) groups excluding carboxylic acids is 1. The SMILES string of the molecule is COc1ccc(CC(=O)c2ccc(N)cc2)cc1F. The number of nitrogen functional groups attached to an aromatic ring is 1. The highest BCUT2D eigenvalue weighted by atomic mass is 19.1. The van der Waals surface area contributed by atoms with Crippen molar-refractivity contribution < 1.29 is 13.9 Å². The molecule has 3 nitrogen and oxygen atoms in total. The Morgan fingerprint density at radius 2 is 1.89 bits per heavy atom. The minimum Gasteiger partial charge on any atom is -0.494 e. The molecule has 0 spiro atoms. The van der Waals surface area contributed by atoms with Gasteiger partial charge in [0.2, 0.25) is 0 Å². The van der Waals surface area contributed by atoms with Crippen molar-refractivity contribution in [2.24, 2.45) is 0 Å². The minimum atomic E-state index is -0.467. The number of hydrogen-bond acceptors (Lipinski definition) is 3. The van der Waals surface area contributed by atoms with Crippen LogP contribution in [-0.4, -0.2) is 12.9 Å². The molecule has 2 aromatic carbocycles. The lowest BCUT2D eigenvalue weighted by molar-refractivity contribution is 0.0993. The van der Waals surface area contributed by atoms with E-state index in [1.54, 1.807) is 30.3 Å². The Hall–Kier alpha value is -2.36. The summed E-state index contributed by atoms with van der Waals surface area (Å²) in [5.41, 5.74) is 7.33. The molecular formula is C15H14FNO2. The number of rotatable bonds is 4. The first-order valence-corrected chi connectivity index (χ1v) is 5.81. The van der Waals surface area contributed by atoms with Crippen LogP contribution in [0.2, 0.25) is 0 Å². The molecule has 2 rings (SSSR count). The third-order valence-corrected chi connectivity index (χ3v) is 2.81. The lowest BCUT2D eigenvalue weighted by atomic mass is 10.0. The molecule has 98 valence electrons. The number of carbonyl (C=O) groups is 1. The molecular weight excluding hydrogens is 245 g/mol. The van der Waals surface area contributed by atoms with E-state index in [1.807, 2.05) is 0 Å². The number of methoxy groups -OCH3 is 1. The maximum Gasteiger partial charge on any atom is 0.167 e.